The Morgan fingerprint density at radius 2 is 1.65 bits per heavy atom. The molecule has 23 heavy (non-hydrogen) atoms. The molecule has 2 aromatic carbocycles. The van der Waals surface area contributed by atoms with Gasteiger partial charge < -0.3 is 15.4 Å². The van der Waals surface area contributed by atoms with Crippen LogP contribution in [-0.4, -0.2) is 17.9 Å². The van der Waals surface area contributed by atoms with Gasteiger partial charge in [-0.1, -0.05) is 37.3 Å². The number of benzene rings is 2. The number of carbonyl (C=O) groups is 2. The maximum absolute atomic E-state index is 12.0. The van der Waals surface area contributed by atoms with Gasteiger partial charge in [0, 0.05) is 6.04 Å². The van der Waals surface area contributed by atoms with Crippen molar-refractivity contribution in [3.63, 3.8) is 0 Å². The number of amides is 2. The molecule has 120 valence electrons. The highest BCUT2D eigenvalue weighted by molar-refractivity contribution is 6.39. The fraction of sp³-hybridized carbons (Fsp3) is 0.222. The topological polar surface area (TPSA) is 67.4 Å². The first kappa shape index (κ1) is 16.5. The molecule has 1 unspecified atom stereocenters. The molecule has 0 spiro atoms. The average molecular weight is 312 g/mol. The molecule has 0 aromatic heterocycles. The van der Waals surface area contributed by atoms with Gasteiger partial charge in [-0.3, -0.25) is 9.59 Å². The largest absolute Gasteiger partial charge is 0.455 e. The van der Waals surface area contributed by atoms with Crippen LogP contribution in [0, 0.1) is 0 Å². The summed E-state index contributed by atoms with van der Waals surface area (Å²) in [5.74, 6) is -0.245. The van der Waals surface area contributed by atoms with Gasteiger partial charge >= 0.3 is 11.8 Å². The lowest BCUT2D eigenvalue weighted by Crippen LogP contribution is -2.40. The van der Waals surface area contributed by atoms with E-state index in [4.69, 9.17) is 4.74 Å². The Kier molecular flexibility index (Phi) is 5.74. The number of para-hydroxylation sites is 3. The van der Waals surface area contributed by atoms with E-state index in [0.29, 0.717) is 17.2 Å². The molecule has 5 nitrogen and oxygen atoms in total. The predicted octanol–water partition coefficient (Wildman–Crippen LogP) is 3.33. The molecular weight excluding hydrogens is 292 g/mol. The minimum absolute atomic E-state index is 0.0518. The molecule has 0 aliphatic heterocycles. The molecule has 0 saturated heterocycles. The number of carbonyl (C=O) groups excluding carboxylic acids is 2. The number of hydrogen-bond acceptors (Lipinski definition) is 3. The highest BCUT2D eigenvalue weighted by atomic mass is 16.5. The van der Waals surface area contributed by atoms with Gasteiger partial charge in [-0.2, -0.15) is 0 Å². The van der Waals surface area contributed by atoms with Crippen LogP contribution in [0.3, 0.4) is 0 Å². The van der Waals surface area contributed by atoms with Crippen molar-refractivity contribution in [1.29, 1.82) is 0 Å². The van der Waals surface area contributed by atoms with Crippen LogP contribution < -0.4 is 15.4 Å². The molecule has 0 radical (unpaired) electrons. The normalized spacial score (nSPS) is 11.4. The third-order valence-electron chi connectivity index (χ3n) is 3.30. The molecule has 2 N–H and O–H groups in total. The van der Waals surface area contributed by atoms with Crippen LogP contribution in [0.4, 0.5) is 5.69 Å². The monoisotopic (exact) mass is 312 g/mol. The fourth-order valence-corrected chi connectivity index (χ4v) is 1.84. The summed E-state index contributed by atoms with van der Waals surface area (Å²) in [5, 5.41) is 5.21. The van der Waals surface area contributed by atoms with E-state index in [0.717, 1.165) is 6.42 Å². The molecule has 0 aliphatic carbocycles. The standard InChI is InChI=1S/C18H20N2O3/c1-3-13(2)19-17(21)18(22)20-15-11-7-8-12-16(15)23-14-9-5-4-6-10-14/h4-13H,3H2,1-2H3,(H,19,21)(H,20,22). The van der Waals surface area contributed by atoms with E-state index in [1.807, 2.05) is 44.2 Å². The second-order valence-corrected chi connectivity index (χ2v) is 5.15. The lowest BCUT2D eigenvalue weighted by Gasteiger charge is -2.13. The lowest BCUT2D eigenvalue weighted by atomic mass is 10.2. The number of nitrogens with one attached hydrogen (secondary N) is 2. The Balaban J connectivity index is 2.08. The molecule has 0 fully saturated rings. The summed E-state index contributed by atoms with van der Waals surface area (Å²) in [5.41, 5.74) is 0.445. The number of ether oxygens (including phenoxy) is 1. The van der Waals surface area contributed by atoms with Crippen molar-refractivity contribution in [2.45, 2.75) is 26.3 Å². The molecule has 2 rings (SSSR count). The Labute approximate surface area is 135 Å². The first-order valence-electron chi connectivity index (χ1n) is 7.54. The molecule has 2 amide bonds. The Bertz CT molecular complexity index is 671. The van der Waals surface area contributed by atoms with Crippen molar-refractivity contribution in [1.82, 2.24) is 5.32 Å². The number of anilines is 1. The Hall–Kier alpha value is -2.82. The van der Waals surface area contributed by atoms with E-state index >= 15 is 0 Å². The summed E-state index contributed by atoms with van der Waals surface area (Å²) >= 11 is 0. The summed E-state index contributed by atoms with van der Waals surface area (Å²) in [6.07, 6.45) is 0.757. The Morgan fingerprint density at radius 3 is 2.35 bits per heavy atom. The molecule has 2 aromatic rings. The summed E-state index contributed by atoms with van der Waals surface area (Å²) in [7, 11) is 0. The van der Waals surface area contributed by atoms with Crippen LogP contribution in [0.15, 0.2) is 54.6 Å². The number of hydrogen-bond donors (Lipinski definition) is 2. The first-order chi connectivity index (χ1) is 11.1. The van der Waals surface area contributed by atoms with Crippen LogP contribution in [0.2, 0.25) is 0 Å². The van der Waals surface area contributed by atoms with Crippen LogP contribution in [0.25, 0.3) is 0 Å². The van der Waals surface area contributed by atoms with Crippen LogP contribution in [-0.2, 0) is 9.59 Å². The molecule has 0 heterocycles. The Morgan fingerprint density at radius 1 is 1.00 bits per heavy atom. The van der Waals surface area contributed by atoms with Gasteiger partial charge in [0.05, 0.1) is 5.69 Å². The van der Waals surface area contributed by atoms with Crippen molar-refractivity contribution >= 4 is 17.5 Å². The van der Waals surface area contributed by atoms with E-state index < -0.39 is 11.8 Å². The minimum atomic E-state index is -0.714. The quantitative estimate of drug-likeness (QED) is 0.832. The number of rotatable bonds is 5. The molecule has 0 bridgehead atoms. The van der Waals surface area contributed by atoms with Crippen molar-refractivity contribution in [2.24, 2.45) is 0 Å². The van der Waals surface area contributed by atoms with Gasteiger partial charge in [0.1, 0.15) is 5.75 Å². The van der Waals surface area contributed by atoms with Crippen LogP contribution >= 0.6 is 0 Å². The maximum atomic E-state index is 12.0. The molecule has 0 aliphatic rings. The van der Waals surface area contributed by atoms with E-state index in [1.54, 1.807) is 24.3 Å². The van der Waals surface area contributed by atoms with Crippen molar-refractivity contribution in [3.05, 3.63) is 54.6 Å². The smallest absolute Gasteiger partial charge is 0.313 e. The lowest BCUT2D eigenvalue weighted by molar-refractivity contribution is -0.136. The van der Waals surface area contributed by atoms with E-state index in [1.165, 1.54) is 0 Å². The summed E-state index contributed by atoms with van der Waals surface area (Å²) in [6.45, 7) is 3.78. The first-order valence-corrected chi connectivity index (χ1v) is 7.54. The molecule has 5 heteroatoms. The highest BCUT2D eigenvalue weighted by Gasteiger charge is 2.17. The van der Waals surface area contributed by atoms with Crippen LogP contribution in [0.5, 0.6) is 11.5 Å². The fourth-order valence-electron chi connectivity index (χ4n) is 1.84. The zero-order valence-electron chi connectivity index (χ0n) is 13.2. The maximum Gasteiger partial charge on any atom is 0.313 e. The zero-order chi connectivity index (χ0) is 16.7. The molecular formula is C18H20N2O3. The van der Waals surface area contributed by atoms with Crippen molar-refractivity contribution in [2.75, 3.05) is 5.32 Å². The SMILES string of the molecule is CCC(C)NC(=O)C(=O)Nc1ccccc1Oc1ccccc1. The molecule has 0 saturated carbocycles. The van der Waals surface area contributed by atoms with Gasteiger partial charge in [0.15, 0.2) is 5.75 Å². The average Bonchev–Trinajstić information content (AvgIpc) is 2.57. The summed E-state index contributed by atoms with van der Waals surface area (Å²) in [6, 6.07) is 16.2. The van der Waals surface area contributed by atoms with Crippen molar-refractivity contribution in [3.8, 4) is 11.5 Å². The summed E-state index contributed by atoms with van der Waals surface area (Å²) < 4.78 is 5.75. The third kappa shape index (κ3) is 4.85. The second kappa shape index (κ2) is 7.98. The third-order valence-corrected chi connectivity index (χ3v) is 3.30. The van der Waals surface area contributed by atoms with Gasteiger partial charge in [0.25, 0.3) is 0 Å². The van der Waals surface area contributed by atoms with Gasteiger partial charge in [-0.05, 0) is 37.6 Å². The van der Waals surface area contributed by atoms with E-state index in [2.05, 4.69) is 10.6 Å². The van der Waals surface area contributed by atoms with Gasteiger partial charge in [0.2, 0.25) is 0 Å². The van der Waals surface area contributed by atoms with E-state index in [9.17, 15) is 9.59 Å². The summed E-state index contributed by atoms with van der Waals surface area (Å²) in [4.78, 5) is 23.8. The zero-order valence-corrected chi connectivity index (χ0v) is 13.2. The van der Waals surface area contributed by atoms with Gasteiger partial charge in [-0.15, -0.1) is 0 Å². The van der Waals surface area contributed by atoms with Gasteiger partial charge in [-0.25, -0.2) is 0 Å². The highest BCUT2D eigenvalue weighted by Crippen LogP contribution is 2.28. The predicted molar refractivity (Wildman–Crippen MR) is 89.5 cm³/mol. The van der Waals surface area contributed by atoms with Crippen molar-refractivity contribution < 1.29 is 14.3 Å². The molecule has 1 atom stereocenters. The van der Waals surface area contributed by atoms with Crippen LogP contribution in [0.1, 0.15) is 20.3 Å². The second-order valence-electron chi connectivity index (χ2n) is 5.15. The van der Waals surface area contributed by atoms with E-state index in [-0.39, 0.29) is 6.04 Å². The minimum Gasteiger partial charge on any atom is -0.455 e.